The molecule has 0 amide bonds. The quantitative estimate of drug-likeness (QED) is 0.698. The van der Waals surface area contributed by atoms with Gasteiger partial charge < -0.3 is 4.74 Å². The number of hydrogen-bond donors (Lipinski definition) is 0. The van der Waals surface area contributed by atoms with Crippen molar-refractivity contribution in [2.75, 3.05) is 25.4 Å². The highest BCUT2D eigenvalue weighted by molar-refractivity contribution is 7.89. The van der Waals surface area contributed by atoms with Crippen molar-refractivity contribution in [1.82, 2.24) is 4.31 Å². The smallest absolute Gasteiger partial charge is 0.389 e. The Labute approximate surface area is 122 Å². The Morgan fingerprint density at radius 2 is 1.86 bits per heavy atom. The van der Waals surface area contributed by atoms with Crippen LogP contribution >= 0.6 is 0 Å². The molecule has 1 fully saturated rings. The molecule has 1 saturated heterocycles. The fraction of sp³-hybridized carbons (Fsp3) is 0.917. The second-order valence-electron chi connectivity index (χ2n) is 4.96. The average molecular weight is 331 g/mol. The minimum Gasteiger partial charge on any atom is -0.466 e. The molecule has 0 aromatic heterocycles. The van der Waals surface area contributed by atoms with Gasteiger partial charge in [0.05, 0.1) is 18.3 Å². The van der Waals surface area contributed by atoms with E-state index in [9.17, 15) is 26.4 Å². The largest absolute Gasteiger partial charge is 0.466 e. The van der Waals surface area contributed by atoms with Crippen molar-refractivity contribution < 1.29 is 31.1 Å². The Morgan fingerprint density at radius 1 is 1.29 bits per heavy atom. The Balaban J connectivity index is 2.43. The number of esters is 1. The van der Waals surface area contributed by atoms with Crippen LogP contribution in [0.15, 0.2) is 0 Å². The zero-order chi connectivity index (χ0) is 16.1. The number of halogens is 3. The van der Waals surface area contributed by atoms with Crippen LogP contribution in [-0.2, 0) is 19.6 Å². The summed E-state index contributed by atoms with van der Waals surface area (Å²) < 4.78 is 65.9. The highest BCUT2D eigenvalue weighted by Gasteiger charge is 2.33. The molecule has 0 spiro atoms. The molecule has 5 nitrogen and oxygen atoms in total. The van der Waals surface area contributed by atoms with Gasteiger partial charge in [-0.2, -0.15) is 13.2 Å². The number of carbonyl (C=O) groups is 1. The topological polar surface area (TPSA) is 63.7 Å². The standard InChI is InChI=1S/C12H20F3NO4S/c1-2-20-11(17)10-4-7-16(8-5-10)21(18,19)9-3-6-12(13,14)15/h10H,2-9H2,1H3. The van der Waals surface area contributed by atoms with E-state index >= 15 is 0 Å². The maximum absolute atomic E-state index is 12.0. The molecule has 0 aromatic rings. The van der Waals surface area contributed by atoms with Crippen LogP contribution in [0.5, 0.6) is 0 Å². The van der Waals surface area contributed by atoms with Crippen LogP contribution in [-0.4, -0.2) is 50.3 Å². The summed E-state index contributed by atoms with van der Waals surface area (Å²) in [6, 6.07) is 0. The number of ether oxygens (including phenoxy) is 1. The molecular weight excluding hydrogens is 311 g/mol. The second kappa shape index (κ2) is 7.44. The van der Waals surface area contributed by atoms with Gasteiger partial charge >= 0.3 is 12.1 Å². The number of rotatable bonds is 6. The SMILES string of the molecule is CCOC(=O)C1CCN(S(=O)(=O)CCCC(F)(F)F)CC1. The normalized spacial score (nSPS) is 18.7. The van der Waals surface area contributed by atoms with Gasteiger partial charge in [-0.15, -0.1) is 0 Å². The van der Waals surface area contributed by atoms with Gasteiger partial charge in [0, 0.05) is 19.5 Å². The van der Waals surface area contributed by atoms with Gasteiger partial charge in [-0.25, -0.2) is 12.7 Å². The van der Waals surface area contributed by atoms with Crippen molar-refractivity contribution >= 4 is 16.0 Å². The van der Waals surface area contributed by atoms with Crippen LogP contribution in [0.1, 0.15) is 32.6 Å². The van der Waals surface area contributed by atoms with Crippen LogP contribution in [0.2, 0.25) is 0 Å². The third kappa shape index (κ3) is 6.21. The lowest BCUT2D eigenvalue weighted by Crippen LogP contribution is -2.41. The Kier molecular flexibility index (Phi) is 6.45. The first-order chi connectivity index (χ1) is 9.65. The third-order valence-electron chi connectivity index (χ3n) is 3.33. The number of alkyl halides is 3. The summed E-state index contributed by atoms with van der Waals surface area (Å²) in [6.07, 6.45) is -5.20. The van der Waals surface area contributed by atoms with E-state index in [0.717, 1.165) is 0 Å². The fourth-order valence-electron chi connectivity index (χ4n) is 2.21. The summed E-state index contributed by atoms with van der Waals surface area (Å²) in [7, 11) is -3.69. The zero-order valence-electron chi connectivity index (χ0n) is 11.9. The van der Waals surface area contributed by atoms with E-state index in [1.807, 2.05) is 0 Å². The van der Waals surface area contributed by atoms with Crippen molar-refractivity contribution in [1.29, 1.82) is 0 Å². The van der Waals surface area contributed by atoms with E-state index in [-0.39, 0.29) is 31.6 Å². The summed E-state index contributed by atoms with van der Waals surface area (Å²) in [6.45, 7) is 2.27. The lowest BCUT2D eigenvalue weighted by atomic mass is 9.98. The molecule has 0 bridgehead atoms. The first kappa shape index (κ1) is 18.2. The lowest BCUT2D eigenvalue weighted by molar-refractivity contribution is -0.149. The van der Waals surface area contributed by atoms with Gasteiger partial charge in [-0.05, 0) is 26.2 Å². The molecule has 1 rings (SSSR count). The molecule has 0 unspecified atom stereocenters. The molecule has 124 valence electrons. The first-order valence-electron chi connectivity index (χ1n) is 6.87. The summed E-state index contributed by atoms with van der Waals surface area (Å²) in [5, 5.41) is 0. The maximum Gasteiger partial charge on any atom is 0.389 e. The van der Waals surface area contributed by atoms with Crippen molar-refractivity contribution in [3.63, 3.8) is 0 Å². The van der Waals surface area contributed by atoms with E-state index in [4.69, 9.17) is 4.74 Å². The molecule has 0 aromatic carbocycles. The van der Waals surface area contributed by atoms with Gasteiger partial charge in [0.2, 0.25) is 10.0 Å². The molecule has 21 heavy (non-hydrogen) atoms. The molecule has 0 radical (unpaired) electrons. The number of hydrogen-bond acceptors (Lipinski definition) is 4. The van der Waals surface area contributed by atoms with E-state index in [1.54, 1.807) is 6.92 Å². The molecule has 1 aliphatic rings. The van der Waals surface area contributed by atoms with Crippen molar-refractivity contribution in [3.8, 4) is 0 Å². The van der Waals surface area contributed by atoms with Crippen LogP contribution < -0.4 is 0 Å². The summed E-state index contributed by atoms with van der Waals surface area (Å²) in [5.74, 6) is -1.19. The van der Waals surface area contributed by atoms with Crippen molar-refractivity contribution in [2.24, 2.45) is 5.92 Å². The summed E-state index contributed by atoms with van der Waals surface area (Å²) in [4.78, 5) is 11.5. The second-order valence-corrected chi connectivity index (χ2v) is 7.05. The van der Waals surface area contributed by atoms with Crippen LogP contribution in [0.25, 0.3) is 0 Å². The number of piperidine rings is 1. The number of sulfonamides is 1. The molecule has 9 heteroatoms. The molecule has 0 saturated carbocycles. The summed E-state index contributed by atoms with van der Waals surface area (Å²) in [5.41, 5.74) is 0. The van der Waals surface area contributed by atoms with Crippen LogP contribution in [0.4, 0.5) is 13.2 Å². The Hall–Kier alpha value is -0.830. The van der Waals surface area contributed by atoms with Gasteiger partial charge in [-0.1, -0.05) is 0 Å². The maximum atomic E-state index is 12.0. The first-order valence-corrected chi connectivity index (χ1v) is 8.48. The number of carbonyl (C=O) groups excluding carboxylic acids is 1. The molecule has 0 N–H and O–H groups in total. The van der Waals surface area contributed by atoms with Gasteiger partial charge in [0.25, 0.3) is 0 Å². The van der Waals surface area contributed by atoms with Gasteiger partial charge in [-0.3, -0.25) is 4.79 Å². The predicted molar refractivity (Wildman–Crippen MR) is 70.0 cm³/mol. The molecule has 1 aliphatic heterocycles. The van der Waals surface area contributed by atoms with Gasteiger partial charge in [0.1, 0.15) is 0 Å². The lowest BCUT2D eigenvalue weighted by Gasteiger charge is -2.30. The van der Waals surface area contributed by atoms with E-state index in [0.29, 0.717) is 12.8 Å². The van der Waals surface area contributed by atoms with Crippen molar-refractivity contribution in [3.05, 3.63) is 0 Å². The Bertz CT molecular complexity index is 442. The number of nitrogens with zero attached hydrogens (tertiary/aromatic N) is 1. The highest BCUT2D eigenvalue weighted by Crippen LogP contribution is 2.24. The highest BCUT2D eigenvalue weighted by atomic mass is 32.2. The van der Waals surface area contributed by atoms with Crippen LogP contribution in [0.3, 0.4) is 0 Å². The van der Waals surface area contributed by atoms with E-state index < -0.39 is 34.8 Å². The monoisotopic (exact) mass is 331 g/mol. The van der Waals surface area contributed by atoms with Gasteiger partial charge in [0.15, 0.2) is 0 Å². The minimum atomic E-state index is -4.34. The third-order valence-corrected chi connectivity index (χ3v) is 5.29. The van der Waals surface area contributed by atoms with E-state index in [2.05, 4.69) is 0 Å². The predicted octanol–water partition coefficient (Wildman–Crippen LogP) is 1.93. The van der Waals surface area contributed by atoms with Crippen LogP contribution in [0, 0.1) is 5.92 Å². The minimum absolute atomic E-state index is 0.151. The fourth-order valence-corrected chi connectivity index (χ4v) is 3.75. The molecule has 0 aliphatic carbocycles. The summed E-state index contributed by atoms with van der Waals surface area (Å²) >= 11 is 0. The molecule has 0 atom stereocenters. The molecule has 1 heterocycles. The molecular formula is C12H20F3NO4S. The van der Waals surface area contributed by atoms with E-state index in [1.165, 1.54) is 4.31 Å². The zero-order valence-corrected chi connectivity index (χ0v) is 12.7. The Morgan fingerprint density at radius 3 is 2.33 bits per heavy atom. The average Bonchev–Trinajstić information content (AvgIpc) is 2.37. The van der Waals surface area contributed by atoms with Crippen molar-refractivity contribution in [2.45, 2.75) is 38.8 Å².